The molecule has 4 nitrogen and oxygen atoms in total. The van der Waals surface area contributed by atoms with Gasteiger partial charge in [-0.25, -0.2) is 4.39 Å². The van der Waals surface area contributed by atoms with Gasteiger partial charge in [-0.05, 0) is 35.4 Å². The standard InChI is InChI=1S/C18H17FN2O2/c19-16-3-1-2-15(10-16)13-22-17-6-4-14(5-7-17)11-20-12-18-8-9-21-23-18/h1-10,20H,11-13H2. The van der Waals surface area contributed by atoms with E-state index in [0.29, 0.717) is 13.2 Å². The third kappa shape index (κ3) is 4.66. The van der Waals surface area contributed by atoms with Gasteiger partial charge in [0.15, 0.2) is 0 Å². The average Bonchev–Trinajstić information content (AvgIpc) is 3.08. The summed E-state index contributed by atoms with van der Waals surface area (Å²) < 4.78 is 23.8. The summed E-state index contributed by atoms with van der Waals surface area (Å²) in [6.45, 7) is 1.71. The minimum Gasteiger partial charge on any atom is -0.489 e. The van der Waals surface area contributed by atoms with E-state index in [9.17, 15) is 4.39 Å². The van der Waals surface area contributed by atoms with Gasteiger partial charge in [-0.2, -0.15) is 0 Å². The summed E-state index contributed by atoms with van der Waals surface area (Å²) in [6.07, 6.45) is 1.63. The third-order valence-corrected chi connectivity index (χ3v) is 3.34. The molecule has 1 aromatic heterocycles. The summed E-state index contributed by atoms with van der Waals surface area (Å²) in [4.78, 5) is 0. The number of benzene rings is 2. The van der Waals surface area contributed by atoms with Crippen LogP contribution in [0.3, 0.4) is 0 Å². The number of nitrogens with zero attached hydrogens (tertiary/aromatic N) is 1. The highest BCUT2D eigenvalue weighted by molar-refractivity contribution is 5.27. The molecule has 0 saturated heterocycles. The van der Waals surface area contributed by atoms with Gasteiger partial charge in [0.05, 0.1) is 12.7 Å². The fraction of sp³-hybridized carbons (Fsp3) is 0.167. The van der Waals surface area contributed by atoms with E-state index in [0.717, 1.165) is 29.2 Å². The topological polar surface area (TPSA) is 47.3 Å². The summed E-state index contributed by atoms with van der Waals surface area (Å²) >= 11 is 0. The summed E-state index contributed by atoms with van der Waals surface area (Å²) in [7, 11) is 0. The first kappa shape index (κ1) is 15.2. The van der Waals surface area contributed by atoms with Crippen molar-refractivity contribution in [2.45, 2.75) is 19.7 Å². The molecule has 3 rings (SSSR count). The molecule has 0 unspecified atom stereocenters. The molecule has 5 heteroatoms. The first-order chi connectivity index (χ1) is 11.3. The molecule has 1 heterocycles. The fourth-order valence-corrected chi connectivity index (χ4v) is 2.16. The van der Waals surface area contributed by atoms with Crippen LogP contribution >= 0.6 is 0 Å². The van der Waals surface area contributed by atoms with Gasteiger partial charge >= 0.3 is 0 Å². The van der Waals surface area contributed by atoms with E-state index < -0.39 is 0 Å². The van der Waals surface area contributed by atoms with Crippen LogP contribution in [0.25, 0.3) is 0 Å². The molecule has 0 bridgehead atoms. The molecule has 0 saturated carbocycles. The molecule has 118 valence electrons. The second-order valence-corrected chi connectivity index (χ2v) is 5.14. The predicted molar refractivity (Wildman–Crippen MR) is 84.2 cm³/mol. The summed E-state index contributed by atoms with van der Waals surface area (Å²) in [6, 6.07) is 16.0. The molecular formula is C18H17FN2O2. The lowest BCUT2D eigenvalue weighted by atomic mass is 10.2. The van der Waals surface area contributed by atoms with Gasteiger partial charge < -0.3 is 14.6 Å². The van der Waals surface area contributed by atoms with Crippen LogP contribution in [0.4, 0.5) is 4.39 Å². The van der Waals surface area contributed by atoms with Crippen molar-refractivity contribution in [3.8, 4) is 5.75 Å². The number of halogens is 1. The largest absolute Gasteiger partial charge is 0.489 e. The highest BCUT2D eigenvalue weighted by Gasteiger charge is 2.00. The zero-order chi connectivity index (χ0) is 15.9. The second-order valence-electron chi connectivity index (χ2n) is 5.14. The molecule has 0 aliphatic carbocycles. The van der Waals surface area contributed by atoms with Crippen molar-refractivity contribution in [1.82, 2.24) is 10.5 Å². The number of ether oxygens (including phenoxy) is 1. The number of nitrogens with one attached hydrogen (secondary N) is 1. The normalized spacial score (nSPS) is 10.7. The van der Waals surface area contributed by atoms with Crippen molar-refractivity contribution in [2.24, 2.45) is 0 Å². The minimum atomic E-state index is -0.251. The molecule has 0 aliphatic rings. The van der Waals surface area contributed by atoms with Crippen molar-refractivity contribution < 1.29 is 13.7 Å². The monoisotopic (exact) mass is 312 g/mol. The molecule has 23 heavy (non-hydrogen) atoms. The molecule has 0 fully saturated rings. The highest BCUT2D eigenvalue weighted by atomic mass is 19.1. The SMILES string of the molecule is Fc1cccc(COc2ccc(CNCc3ccno3)cc2)c1. The van der Waals surface area contributed by atoms with Gasteiger partial charge in [0.25, 0.3) is 0 Å². The van der Waals surface area contributed by atoms with Gasteiger partial charge in [-0.1, -0.05) is 29.4 Å². The van der Waals surface area contributed by atoms with Crippen molar-refractivity contribution in [3.05, 3.63) is 83.5 Å². The number of rotatable bonds is 7. The molecule has 1 N–H and O–H groups in total. The smallest absolute Gasteiger partial charge is 0.150 e. The van der Waals surface area contributed by atoms with Crippen LogP contribution in [-0.2, 0) is 19.7 Å². The van der Waals surface area contributed by atoms with E-state index in [1.54, 1.807) is 12.3 Å². The van der Waals surface area contributed by atoms with Gasteiger partial charge in [0.2, 0.25) is 0 Å². The Kier molecular flexibility index (Phi) is 5.01. The Morgan fingerprint density at radius 1 is 1.00 bits per heavy atom. The van der Waals surface area contributed by atoms with Crippen LogP contribution in [0, 0.1) is 5.82 Å². The number of hydrogen-bond donors (Lipinski definition) is 1. The van der Waals surface area contributed by atoms with Crippen molar-refractivity contribution in [3.63, 3.8) is 0 Å². The summed E-state index contributed by atoms with van der Waals surface area (Å²) in [5.41, 5.74) is 1.95. The van der Waals surface area contributed by atoms with Crippen LogP contribution in [0.1, 0.15) is 16.9 Å². The zero-order valence-electron chi connectivity index (χ0n) is 12.5. The lowest BCUT2D eigenvalue weighted by molar-refractivity contribution is 0.305. The Labute approximate surface area is 133 Å². The predicted octanol–water partition coefficient (Wildman–Crippen LogP) is 3.68. The van der Waals surface area contributed by atoms with E-state index in [-0.39, 0.29) is 5.82 Å². The lowest BCUT2D eigenvalue weighted by Gasteiger charge is -2.08. The maximum atomic E-state index is 13.1. The third-order valence-electron chi connectivity index (χ3n) is 3.34. The second kappa shape index (κ2) is 7.56. The number of hydrogen-bond acceptors (Lipinski definition) is 4. The van der Waals surface area contributed by atoms with Gasteiger partial charge in [0.1, 0.15) is 23.9 Å². The Hall–Kier alpha value is -2.66. The fourth-order valence-electron chi connectivity index (χ4n) is 2.16. The van der Waals surface area contributed by atoms with Crippen LogP contribution in [0.5, 0.6) is 5.75 Å². The first-order valence-corrected chi connectivity index (χ1v) is 7.36. The van der Waals surface area contributed by atoms with Gasteiger partial charge in [-0.3, -0.25) is 0 Å². The Morgan fingerprint density at radius 3 is 2.61 bits per heavy atom. The highest BCUT2D eigenvalue weighted by Crippen LogP contribution is 2.15. The molecule has 2 aromatic carbocycles. The van der Waals surface area contributed by atoms with E-state index in [1.165, 1.54) is 12.1 Å². The van der Waals surface area contributed by atoms with Crippen molar-refractivity contribution >= 4 is 0 Å². The van der Waals surface area contributed by atoms with Crippen LogP contribution in [0.2, 0.25) is 0 Å². The van der Waals surface area contributed by atoms with E-state index >= 15 is 0 Å². The Morgan fingerprint density at radius 2 is 1.87 bits per heavy atom. The van der Waals surface area contributed by atoms with Crippen LogP contribution in [-0.4, -0.2) is 5.16 Å². The molecule has 0 atom stereocenters. The van der Waals surface area contributed by atoms with Crippen LogP contribution in [0.15, 0.2) is 65.3 Å². The maximum Gasteiger partial charge on any atom is 0.150 e. The van der Waals surface area contributed by atoms with Crippen molar-refractivity contribution in [2.75, 3.05) is 0 Å². The summed E-state index contributed by atoms with van der Waals surface area (Å²) in [5.74, 6) is 1.31. The first-order valence-electron chi connectivity index (χ1n) is 7.36. The Balaban J connectivity index is 1.47. The zero-order valence-corrected chi connectivity index (χ0v) is 12.5. The minimum absolute atomic E-state index is 0.251. The maximum absolute atomic E-state index is 13.1. The van der Waals surface area contributed by atoms with Gasteiger partial charge in [0, 0.05) is 12.6 Å². The molecule has 0 radical (unpaired) electrons. The van der Waals surface area contributed by atoms with Crippen molar-refractivity contribution in [1.29, 1.82) is 0 Å². The number of aromatic nitrogens is 1. The van der Waals surface area contributed by atoms with E-state index in [4.69, 9.17) is 9.26 Å². The molecule has 0 amide bonds. The molecular weight excluding hydrogens is 295 g/mol. The lowest BCUT2D eigenvalue weighted by Crippen LogP contribution is -2.12. The molecule has 3 aromatic rings. The van der Waals surface area contributed by atoms with E-state index in [1.807, 2.05) is 36.4 Å². The summed E-state index contributed by atoms with van der Waals surface area (Å²) in [5, 5.41) is 6.93. The molecule has 0 aliphatic heterocycles. The van der Waals surface area contributed by atoms with Gasteiger partial charge in [-0.15, -0.1) is 0 Å². The van der Waals surface area contributed by atoms with Crippen LogP contribution < -0.4 is 10.1 Å². The quantitative estimate of drug-likeness (QED) is 0.723. The Bertz CT molecular complexity index is 727. The van der Waals surface area contributed by atoms with E-state index in [2.05, 4.69) is 10.5 Å². The average molecular weight is 312 g/mol. The molecule has 0 spiro atoms.